The third-order valence-electron chi connectivity index (χ3n) is 3.67. The summed E-state index contributed by atoms with van der Waals surface area (Å²) in [6.07, 6.45) is 1.09. The number of ether oxygens (including phenoxy) is 1. The van der Waals surface area contributed by atoms with E-state index in [2.05, 4.69) is 49.6 Å². The van der Waals surface area contributed by atoms with Gasteiger partial charge in [-0.1, -0.05) is 26.0 Å². The standard InChI is InChI=1S/C15H23NOS/c1-12(2)13(11-18)10-16-8-5-9-17-15-7-4-3-6-14(15)16/h3-4,6-7,12-13,18H,5,8-11H2,1-2H3. The van der Waals surface area contributed by atoms with Gasteiger partial charge in [0.15, 0.2) is 0 Å². The summed E-state index contributed by atoms with van der Waals surface area (Å²) in [5.41, 5.74) is 1.24. The van der Waals surface area contributed by atoms with Gasteiger partial charge >= 0.3 is 0 Å². The number of hydrogen-bond acceptors (Lipinski definition) is 3. The third-order valence-corrected chi connectivity index (χ3v) is 4.14. The van der Waals surface area contributed by atoms with Crippen molar-refractivity contribution in [1.82, 2.24) is 0 Å². The van der Waals surface area contributed by atoms with Crippen LogP contribution < -0.4 is 9.64 Å². The van der Waals surface area contributed by atoms with Gasteiger partial charge in [0.05, 0.1) is 12.3 Å². The van der Waals surface area contributed by atoms with Crippen molar-refractivity contribution in [1.29, 1.82) is 0 Å². The molecule has 0 saturated heterocycles. The highest BCUT2D eigenvalue weighted by Crippen LogP contribution is 2.31. The summed E-state index contributed by atoms with van der Waals surface area (Å²) in [5.74, 6) is 3.26. The molecule has 1 atom stereocenters. The van der Waals surface area contributed by atoms with E-state index in [9.17, 15) is 0 Å². The molecule has 2 nitrogen and oxygen atoms in total. The molecule has 1 aliphatic heterocycles. The molecule has 3 heteroatoms. The van der Waals surface area contributed by atoms with Crippen molar-refractivity contribution in [3.63, 3.8) is 0 Å². The summed E-state index contributed by atoms with van der Waals surface area (Å²) in [7, 11) is 0. The van der Waals surface area contributed by atoms with Gasteiger partial charge in [-0.15, -0.1) is 0 Å². The van der Waals surface area contributed by atoms with Gasteiger partial charge in [-0.2, -0.15) is 12.6 Å². The van der Waals surface area contributed by atoms with Crippen LogP contribution in [0.5, 0.6) is 5.75 Å². The van der Waals surface area contributed by atoms with Gasteiger partial charge in [0, 0.05) is 13.1 Å². The van der Waals surface area contributed by atoms with Crippen LogP contribution in [0.4, 0.5) is 5.69 Å². The van der Waals surface area contributed by atoms with Crippen molar-refractivity contribution < 1.29 is 4.74 Å². The van der Waals surface area contributed by atoms with E-state index in [1.165, 1.54) is 5.69 Å². The third kappa shape index (κ3) is 3.14. The number of nitrogens with zero attached hydrogens (tertiary/aromatic N) is 1. The van der Waals surface area contributed by atoms with Gasteiger partial charge in [-0.3, -0.25) is 0 Å². The largest absolute Gasteiger partial charge is 0.491 e. The molecule has 0 fully saturated rings. The van der Waals surface area contributed by atoms with Crippen molar-refractivity contribution >= 4 is 18.3 Å². The molecule has 1 aliphatic rings. The van der Waals surface area contributed by atoms with Crippen molar-refractivity contribution in [2.45, 2.75) is 20.3 Å². The Balaban J connectivity index is 2.17. The number of para-hydroxylation sites is 2. The Kier molecular flexibility index (Phi) is 4.81. The number of fused-ring (bicyclic) bond motifs is 1. The van der Waals surface area contributed by atoms with Crippen molar-refractivity contribution in [3.8, 4) is 5.75 Å². The van der Waals surface area contributed by atoms with Gasteiger partial charge < -0.3 is 9.64 Å². The second-order valence-corrected chi connectivity index (χ2v) is 5.67. The van der Waals surface area contributed by atoms with Crippen LogP contribution >= 0.6 is 12.6 Å². The van der Waals surface area contributed by atoms with Gasteiger partial charge in [0.25, 0.3) is 0 Å². The molecule has 0 radical (unpaired) electrons. The van der Waals surface area contributed by atoms with Gasteiger partial charge in [-0.05, 0) is 36.1 Å². The van der Waals surface area contributed by atoms with Crippen LogP contribution in [-0.2, 0) is 0 Å². The Labute approximate surface area is 116 Å². The smallest absolute Gasteiger partial charge is 0.142 e. The second-order valence-electron chi connectivity index (χ2n) is 5.30. The van der Waals surface area contributed by atoms with Crippen LogP contribution in [0, 0.1) is 11.8 Å². The van der Waals surface area contributed by atoms with E-state index in [0.717, 1.165) is 37.6 Å². The van der Waals surface area contributed by atoms with Gasteiger partial charge in [-0.25, -0.2) is 0 Å². The quantitative estimate of drug-likeness (QED) is 0.837. The number of anilines is 1. The maximum absolute atomic E-state index is 5.79. The Bertz CT molecular complexity index is 381. The normalized spacial score (nSPS) is 17.0. The molecule has 0 amide bonds. The Hall–Kier alpha value is -0.830. The average Bonchev–Trinajstić information content (AvgIpc) is 2.58. The fourth-order valence-electron chi connectivity index (χ4n) is 2.35. The summed E-state index contributed by atoms with van der Waals surface area (Å²) < 4.78 is 5.79. The predicted molar refractivity (Wildman–Crippen MR) is 80.9 cm³/mol. The van der Waals surface area contributed by atoms with E-state index in [0.29, 0.717) is 11.8 Å². The molecular weight excluding hydrogens is 242 g/mol. The minimum absolute atomic E-state index is 0.625. The predicted octanol–water partition coefficient (Wildman–Crippen LogP) is 3.48. The van der Waals surface area contributed by atoms with Crippen LogP contribution in [0.15, 0.2) is 24.3 Å². The molecule has 0 aromatic heterocycles. The first-order valence-corrected chi connectivity index (χ1v) is 7.43. The van der Waals surface area contributed by atoms with Crippen LogP contribution in [0.2, 0.25) is 0 Å². The number of thiol groups is 1. The summed E-state index contributed by atoms with van der Waals surface area (Å²) in [5, 5.41) is 0. The van der Waals surface area contributed by atoms with E-state index in [1.807, 2.05) is 6.07 Å². The van der Waals surface area contributed by atoms with Crippen molar-refractivity contribution in [2.24, 2.45) is 11.8 Å². The summed E-state index contributed by atoms with van der Waals surface area (Å²) >= 11 is 4.49. The van der Waals surface area contributed by atoms with E-state index in [-0.39, 0.29) is 0 Å². The Morgan fingerprint density at radius 1 is 1.33 bits per heavy atom. The van der Waals surface area contributed by atoms with E-state index in [4.69, 9.17) is 4.74 Å². The van der Waals surface area contributed by atoms with E-state index in [1.54, 1.807) is 0 Å². The average molecular weight is 265 g/mol. The molecule has 1 aromatic carbocycles. The highest BCUT2D eigenvalue weighted by Gasteiger charge is 2.20. The summed E-state index contributed by atoms with van der Waals surface area (Å²) in [6, 6.07) is 8.36. The molecule has 18 heavy (non-hydrogen) atoms. The summed E-state index contributed by atoms with van der Waals surface area (Å²) in [6.45, 7) is 7.53. The highest BCUT2D eigenvalue weighted by atomic mass is 32.1. The minimum atomic E-state index is 0.625. The first-order chi connectivity index (χ1) is 8.72. The Morgan fingerprint density at radius 2 is 2.11 bits per heavy atom. The highest BCUT2D eigenvalue weighted by molar-refractivity contribution is 7.80. The zero-order valence-corrected chi connectivity index (χ0v) is 12.2. The van der Waals surface area contributed by atoms with Crippen LogP contribution in [0.25, 0.3) is 0 Å². The fraction of sp³-hybridized carbons (Fsp3) is 0.600. The van der Waals surface area contributed by atoms with Crippen LogP contribution in [0.1, 0.15) is 20.3 Å². The minimum Gasteiger partial charge on any atom is -0.491 e. The van der Waals surface area contributed by atoms with E-state index < -0.39 is 0 Å². The zero-order chi connectivity index (χ0) is 13.0. The molecule has 0 saturated carbocycles. The van der Waals surface area contributed by atoms with Gasteiger partial charge in [0.2, 0.25) is 0 Å². The van der Waals surface area contributed by atoms with Crippen LogP contribution in [0.3, 0.4) is 0 Å². The van der Waals surface area contributed by atoms with Crippen LogP contribution in [-0.4, -0.2) is 25.4 Å². The van der Waals surface area contributed by atoms with E-state index >= 15 is 0 Å². The lowest BCUT2D eigenvalue weighted by molar-refractivity contribution is 0.322. The monoisotopic (exact) mass is 265 g/mol. The number of hydrogen-bond donors (Lipinski definition) is 1. The lowest BCUT2D eigenvalue weighted by atomic mass is 9.97. The SMILES string of the molecule is CC(C)C(CS)CN1CCCOc2ccccc21. The molecule has 1 aromatic rings. The lowest BCUT2D eigenvalue weighted by Gasteiger charge is -2.30. The maximum atomic E-state index is 5.79. The molecule has 100 valence electrons. The van der Waals surface area contributed by atoms with Crippen molar-refractivity contribution in [3.05, 3.63) is 24.3 Å². The molecule has 1 heterocycles. The lowest BCUT2D eigenvalue weighted by Crippen LogP contribution is -2.33. The zero-order valence-electron chi connectivity index (χ0n) is 11.3. The first kappa shape index (κ1) is 13.6. The topological polar surface area (TPSA) is 12.5 Å². The molecule has 1 unspecified atom stereocenters. The molecule has 0 aliphatic carbocycles. The van der Waals surface area contributed by atoms with Crippen molar-refractivity contribution in [2.75, 3.05) is 30.3 Å². The molecule has 0 spiro atoms. The maximum Gasteiger partial charge on any atom is 0.142 e. The second kappa shape index (κ2) is 6.37. The molecule has 0 bridgehead atoms. The first-order valence-electron chi connectivity index (χ1n) is 6.80. The Morgan fingerprint density at radius 3 is 2.83 bits per heavy atom. The summed E-state index contributed by atoms with van der Waals surface area (Å²) in [4.78, 5) is 2.46. The molecular formula is C15H23NOS. The fourth-order valence-corrected chi connectivity index (χ4v) is 2.89. The van der Waals surface area contributed by atoms with Gasteiger partial charge in [0.1, 0.15) is 5.75 Å². The molecule has 2 rings (SSSR count). The number of benzene rings is 1. The number of rotatable bonds is 4. The molecule has 0 N–H and O–H groups in total.